The maximum atomic E-state index is 10.4. The van der Waals surface area contributed by atoms with Crippen LogP contribution in [0.4, 0.5) is 0 Å². The van der Waals surface area contributed by atoms with Gasteiger partial charge in [0.15, 0.2) is 6.10 Å². The summed E-state index contributed by atoms with van der Waals surface area (Å²) in [6.45, 7) is 0. The summed E-state index contributed by atoms with van der Waals surface area (Å²) in [7, 11) is 1.60. The minimum atomic E-state index is -1.26. The fraction of sp³-hybridized carbons (Fsp3) is 0.417. The number of carboxylic acids is 1. The number of rotatable bonds is 6. The van der Waals surface area contributed by atoms with Crippen LogP contribution in [0.1, 0.15) is 18.4 Å². The zero-order chi connectivity index (χ0) is 12.0. The van der Waals surface area contributed by atoms with E-state index in [1.54, 1.807) is 7.11 Å². The van der Waals surface area contributed by atoms with E-state index in [2.05, 4.69) is 0 Å². The molecule has 0 bridgehead atoms. The number of benzene rings is 1. The number of carbonyl (C=O) groups is 1. The van der Waals surface area contributed by atoms with Crippen molar-refractivity contribution in [3.63, 3.8) is 0 Å². The molecule has 1 aromatic carbocycles. The molecule has 0 saturated heterocycles. The number of methoxy groups -OCH3 is 1. The number of hydrogen-bond donors (Lipinski definition) is 2. The second kappa shape index (κ2) is 6.12. The van der Waals surface area contributed by atoms with Crippen LogP contribution in [0, 0.1) is 0 Å². The molecule has 0 saturated carbocycles. The van der Waals surface area contributed by atoms with E-state index in [9.17, 15) is 4.79 Å². The van der Waals surface area contributed by atoms with E-state index in [0.717, 1.165) is 17.7 Å². The first-order chi connectivity index (χ1) is 7.63. The molecule has 2 N–H and O–H groups in total. The van der Waals surface area contributed by atoms with E-state index < -0.39 is 12.1 Å². The summed E-state index contributed by atoms with van der Waals surface area (Å²) in [6.07, 6.45) is 0.389. The van der Waals surface area contributed by atoms with Gasteiger partial charge in [-0.1, -0.05) is 12.1 Å². The molecule has 0 fully saturated rings. The van der Waals surface area contributed by atoms with E-state index in [1.807, 2.05) is 24.3 Å². The molecule has 0 spiro atoms. The lowest BCUT2D eigenvalue weighted by molar-refractivity contribution is -0.146. The number of aliphatic hydroxyl groups excluding tert-OH is 1. The highest BCUT2D eigenvalue weighted by Gasteiger charge is 2.11. The predicted molar refractivity (Wildman–Crippen MR) is 59.6 cm³/mol. The van der Waals surface area contributed by atoms with Crippen LogP contribution in [0.2, 0.25) is 0 Å². The highest BCUT2D eigenvalue weighted by atomic mass is 16.5. The molecule has 4 nitrogen and oxygen atoms in total. The van der Waals surface area contributed by atoms with Gasteiger partial charge >= 0.3 is 5.97 Å². The predicted octanol–water partition coefficient (Wildman–Crippen LogP) is 1.46. The summed E-state index contributed by atoms with van der Waals surface area (Å²) in [5.74, 6) is -0.373. The zero-order valence-electron chi connectivity index (χ0n) is 9.22. The second-order valence-electron chi connectivity index (χ2n) is 3.60. The molecule has 0 heterocycles. The van der Waals surface area contributed by atoms with Crippen molar-refractivity contribution in [2.45, 2.75) is 25.4 Å². The fourth-order valence-corrected chi connectivity index (χ4v) is 1.45. The van der Waals surface area contributed by atoms with Crippen molar-refractivity contribution < 1.29 is 19.7 Å². The summed E-state index contributed by atoms with van der Waals surface area (Å²) < 4.78 is 5.08. The average Bonchev–Trinajstić information content (AvgIpc) is 2.29. The molecule has 0 amide bonds. The summed E-state index contributed by atoms with van der Waals surface area (Å²) in [6, 6.07) is 7.61. The van der Waals surface area contributed by atoms with Gasteiger partial charge in [-0.2, -0.15) is 0 Å². The SMILES string of the molecule is COc1cccc(CCC[C@@H](O)C(=O)O)c1. The minimum absolute atomic E-state index is 0.270. The molecule has 0 aliphatic rings. The second-order valence-corrected chi connectivity index (χ2v) is 3.60. The van der Waals surface area contributed by atoms with Gasteiger partial charge in [-0.05, 0) is 37.0 Å². The molecular formula is C12H16O4. The van der Waals surface area contributed by atoms with Gasteiger partial charge in [0.05, 0.1) is 7.11 Å². The topological polar surface area (TPSA) is 66.8 Å². The van der Waals surface area contributed by atoms with Crippen molar-refractivity contribution in [2.75, 3.05) is 7.11 Å². The van der Waals surface area contributed by atoms with E-state index in [-0.39, 0.29) is 6.42 Å². The van der Waals surface area contributed by atoms with Gasteiger partial charge in [0.2, 0.25) is 0 Å². The lowest BCUT2D eigenvalue weighted by Crippen LogP contribution is -2.19. The first-order valence-electron chi connectivity index (χ1n) is 5.17. The lowest BCUT2D eigenvalue weighted by Gasteiger charge is -2.06. The van der Waals surface area contributed by atoms with Crippen LogP contribution >= 0.6 is 0 Å². The monoisotopic (exact) mass is 224 g/mol. The number of aliphatic carboxylic acids is 1. The van der Waals surface area contributed by atoms with Crippen LogP contribution in [0.15, 0.2) is 24.3 Å². The van der Waals surface area contributed by atoms with Crippen LogP contribution in [-0.4, -0.2) is 29.4 Å². The number of ether oxygens (including phenoxy) is 1. The van der Waals surface area contributed by atoms with Crippen LogP contribution in [0.5, 0.6) is 5.75 Å². The van der Waals surface area contributed by atoms with E-state index >= 15 is 0 Å². The van der Waals surface area contributed by atoms with Crippen LogP contribution < -0.4 is 4.74 Å². The maximum absolute atomic E-state index is 10.4. The van der Waals surface area contributed by atoms with Gasteiger partial charge < -0.3 is 14.9 Å². The maximum Gasteiger partial charge on any atom is 0.332 e. The Kier molecular flexibility index (Phi) is 4.79. The summed E-state index contributed by atoms with van der Waals surface area (Å²) in [5, 5.41) is 17.6. The summed E-state index contributed by atoms with van der Waals surface area (Å²) >= 11 is 0. The molecule has 1 atom stereocenters. The van der Waals surface area contributed by atoms with Gasteiger partial charge in [-0.15, -0.1) is 0 Å². The Morgan fingerprint density at radius 3 is 2.88 bits per heavy atom. The van der Waals surface area contributed by atoms with Crippen LogP contribution in [0.25, 0.3) is 0 Å². The Labute approximate surface area is 94.5 Å². The van der Waals surface area contributed by atoms with Crippen LogP contribution in [0.3, 0.4) is 0 Å². The molecule has 0 aliphatic heterocycles. The molecule has 1 rings (SSSR count). The van der Waals surface area contributed by atoms with Gasteiger partial charge in [-0.25, -0.2) is 4.79 Å². The van der Waals surface area contributed by atoms with E-state index in [1.165, 1.54) is 0 Å². The molecule has 0 radical (unpaired) electrons. The van der Waals surface area contributed by atoms with Crippen molar-refractivity contribution in [1.29, 1.82) is 0 Å². The normalized spacial score (nSPS) is 12.1. The molecular weight excluding hydrogens is 208 g/mol. The first-order valence-corrected chi connectivity index (χ1v) is 5.17. The summed E-state index contributed by atoms with van der Waals surface area (Å²) in [5.41, 5.74) is 1.08. The Morgan fingerprint density at radius 2 is 2.25 bits per heavy atom. The van der Waals surface area contributed by atoms with E-state index in [4.69, 9.17) is 14.9 Å². The zero-order valence-corrected chi connectivity index (χ0v) is 9.22. The quantitative estimate of drug-likeness (QED) is 0.767. The molecule has 0 unspecified atom stereocenters. The number of aliphatic hydroxyl groups is 1. The van der Waals surface area contributed by atoms with Crippen molar-refractivity contribution in [3.8, 4) is 5.75 Å². The first kappa shape index (κ1) is 12.5. The molecule has 4 heteroatoms. The third-order valence-corrected chi connectivity index (χ3v) is 2.36. The van der Waals surface area contributed by atoms with Crippen molar-refractivity contribution >= 4 is 5.97 Å². The number of aryl methyl sites for hydroxylation is 1. The van der Waals surface area contributed by atoms with Gasteiger partial charge in [-0.3, -0.25) is 0 Å². The van der Waals surface area contributed by atoms with Gasteiger partial charge in [0, 0.05) is 0 Å². The third kappa shape index (κ3) is 3.90. The largest absolute Gasteiger partial charge is 0.497 e. The van der Waals surface area contributed by atoms with Crippen molar-refractivity contribution in [1.82, 2.24) is 0 Å². The highest BCUT2D eigenvalue weighted by molar-refractivity contribution is 5.71. The van der Waals surface area contributed by atoms with Crippen molar-refractivity contribution in [3.05, 3.63) is 29.8 Å². The molecule has 0 aromatic heterocycles. The molecule has 1 aromatic rings. The smallest absolute Gasteiger partial charge is 0.332 e. The van der Waals surface area contributed by atoms with Gasteiger partial charge in [0.1, 0.15) is 5.75 Å². The van der Waals surface area contributed by atoms with Gasteiger partial charge in [0.25, 0.3) is 0 Å². The number of hydrogen-bond acceptors (Lipinski definition) is 3. The number of carboxylic acid groups (broad SMARTS) is 1. The Bertz CT molecular complexity index is 349. The fourth-order valence-electron chi connectivity index (χ4n) is 1.45. The Balaban J connectivity index is 2.39. The minimum Gasteiger partial charge on any atom is -0.497 e. The molecule has 16 heavy (non-hydrogen) atoms. The standard InChI is InChI=1S/C12H16O4/c1-16-10-6-2-4-9(8-10)5-3-7-11(13)12(14)15/h2,4,6,8,11,13H,3,5,7H2,1H3,(H,14,15)/t11-/m1/s1. The molecule has 0 aliphatic carbocycles. The van der Waals surface area contributed by atoms with Crippen LogP contribution in [-0.2, 0) is 11.2 Å². The Morgan fingerprint density at radius 1 is 1.50 bits per heavy atom. The summed E-state index contributed by atoms with van der Waals surface area (Å²) in [4.78, 5) is 10.4. The average molecular weight is 224 g/mol. The molecule has 88 valence electrons. The van der Waals surface area contributed by atoms with Crippen molar-refractivity contribution in [2.24, 2.45) is 0 Å². The Hall–Kier alpha value is -1.55. The third-order valence-electron chi connectivity index (χ3n) is 2.36. The highest BCUT2D eigenvalue weighted by Crippen LogP contribution is 2.14. The van der Waals surface area contributed by atoms with E-state index in [0.29, 0.717) is 6.42 Å². The lowest BCUT2D eigenvalue weighted by atomic mass is 10.1.